The molecule has 2 rings (SSSR count). The van der Waals surface area contributed by atoms with E-state index in [0.29, 0.717) is 5.92 Å². The number of hydrogen-bond donors (Lipinski definition) is 2. The summed E-state index contributed by atoms with van der Waals surface area (Å²) < 4.78 is 37.8. The highest BCUT2D eigenvalue weighted by Crippen LogP contribution is 2.36. The summed E-state index contributed by atoms with van der Waals surface area (Å²) in [5.74, 6) is -0.200. The van der Waals surface area contributed by atoms with Gasteiger partial charge >= 0.3 is 6.18 Å². The Morgan fingerprint density at radius 1 is 1.33 bits per heavy atom. The first-order valence-electron chi connectivity index (χ1n) is 5.84. The summed E-state index contributed by atoms with van der Waals surface area (Å²) in [5.41, 5.74) is 0. The molecule has 0 spiro atoms. The Hall–Kier alpha value is -1.53. The number of anilines is 2. The molecule has 0 bridgehead atoms. The van der Waals surface area contributed by atoms with Crippen LogP contribution in [0.4, 0.5) is 24.8 Å². The molecule has 0 saturated heterocycles. The van der Waals surface area contributed by atoms with Gasteiger partial charge in [0.1, 0.15) is 11.6 Å². The van der Waals surface area contributed by atoms with Crippen molar-refractivity contribution in [2.45, 2.75) is 32.0 Å². The molecule has 1 aliphatic rings. The maximum Gasteiger partial charge on any atom is 0.451 e. The number of halogens is 3. The number of aromatic nitrogens is 2. The van der Waals surface area contributed by atoms with E-state index in [4.69, 9.17) is 0 Å². The molecule has 1 aromatic heterocycles. The van der Waals surface area contributed by atoms with Gasteiger partial charge in [-0.05, 0) is 12.3 Å². The fourth-order valence-electron chi connectivity index (χ4n) is 1.84. The van der Waals surface area contributed by atoms with Crippen LogP contribution < -0.4 is 10.6 Å². The van der Waals surface area contributed by atoms with Gasteiger partial charge in [0.15, 0.2) is 0 Å². The van der Waals surface area contributed by atoms with Crippen molar-refractivity contribution in [2.24, 2.45) is 5.92 Å². The Bertz CT molecular complexity index is 433. The lowest BCUT2D eigenvalue weighted by Gasteiger charge is -2.11. The number of hydrogen-bond acceptors (Lipinski definition) is 4. The number of rotatable bonds is 4. The third kappa shape index (κ3) is 2.83. The molecule has 7 heteroatoms. The lowest BCUT2D eigenvalue weighted by molar-refractivity contribution is -0.144. The normalized spacial score (nSPS) is 22.7. The van der Waals surface area contributed by atoms with Crippen LogP contribution in [0.15, 0.2) is 6.07 Å². The SMILES string of the molecule is CCC1CC1Nc1cc(NC)nc(C(F)(F)F)n1. The molecule has 1 saturated carbocycles. The minimum absolute atomic E-state index is 0.161. The van der Waals surface area contributed by atoms with Crippen LogP contribution in [0.3, 0.4) is 0 Å². The van der Waals surface area contributed by atoms with E-state index in [0.717, 1.165) is 12.8 Å². The molecule has 2 atom stereocenters. The first kappa shape index (κ1) is 12.9. The second kappa shape index (κ2) is 4.62. The van der Waals surface area contributed by atoms with Gasteiger partial charge in [-0.1, -0.05) is 13.3 Å². The molecule has 0 aliphatic heterocycles. The van der Waals surface area contributed by atoms with Crippen LogP contribution in [-0.2, 0) is 6.18 Å². The van der Waals surface area contributed by atoms with Crippen molar-refractivity contribution in [3.8, 4) is 0 Å². The van der Waals surface area contributed by atoms with Crippen molar-refractivity contribution in [1.29, 1.82) is 0 Å². The molecule has 0 radical (unpaired) electrons. The van der Waals surface area contributed by atoms with E-state index >= 15 is 0 Å². The van der Waals surface area contributed by atoms with E-state index in [1.165, 1.54) is 13.1 Å². The van der Waals surface area contributed by atoms with Gasteiger partial charge < -0.3 is 10.6 Å². The molecule has 100 valence electrons. The van der Waals surface area contributed by atoms with E-state index < -0.39 is 12.0 Å². The second-order valence-corrected chi connectivity index (χ2v) is 4.36. The third-order valence-corrected chi connectivity index (χ3v) is 3.02. The van der Waals surface area contributed by atoms with Gasteiger partial charge in [-0.15, -0.1) is 0 Å². The fourth-order valence-corrected chi connectivity index (χ4v) is 1.84. The Morgan fingerprint density at radius 2 is 2.00 bits per heavy atom. The van der Waals surface area contributed by atoms with Crippen molar-refractivity contribution in [2.75, 3.05) is 17.7 Å². The van der Waals surface area contributed by atoms with Gasteiger partial charge in [0.05, 0.1) is 0 Å². The molecule has 1 fully saturated rings. The minimum Gasteiger partial charge on any atom is -0.373 e. The minimum atomic E-state index is -4.53. The van der Waals surface area contributed by atoms with Crippen LogP contribution in [0.5, 0.6) is 0 Å². The smallest absolute Gasteiger partial charge is 0.373 e. The number of nitrogens with one attached hydrogen (secondary N) is 2. The largest absolute Gasteiger partial charge is 0.451 e. The topological polar surface area (TPSA) is 49.8 Å². The maximum absolute atomic E-state index is 12.6. The highest BCUT2D eigenvalue weighted by atomic mass is 19.4. The van der Waals surface area contributed by atoms with Crippen LogP contribution in [0.2, 0.25) is 0 Å². The van der Waals surface area contributed by atoms with Crippen molar-refractivity contribution in [3.05, 3.63) is 11.9 Å². The third-order valence-electron chi connectivity index (χ3n) is 3.02. The molecule has 1 heterocycles. The van der Waals surface area contributed by atoms with Crippen LogP contribution in [0.1, 0.15) is 25.6 Å². The zero-order valence-electron chi connectivity index (χ0n) is 10.2. The Kier molecular flexibility index (Phi) is 3.32. The zero-order chi connectivity index (χ0) is 13.3. The molecule has 18 heavy (non-hydrogen) atoms. The first-order chi connectivity index (χ1) is 8.44. The van der Waals surface area contributed by atoms with Crippen LogP contribution >= 0.6 is 0 Å². The Labute approximate surface area is 103 Å². The molecular weight excluding hydrogens is 245 g/mol. The van der Waals surface area contributed by atoms with Crippen molar-refractivity contribution < 1.29 is 13.2 Å². The molecule has 1 aliphatic carbocycles. The lowest BCUT2D eigenvalue weighted by Crippen LogP contribution is -2.15. The van der Waals surface area contributed by atoms with E-state index in [-0.39, 0.29) is 17.7 Å². The molecule has 0 aromatic carbocycles. The van der Waals surface area contributed by atoms with Gasteiger partial charge in [-0.3, -0.25) is 0 Å². The molecule has 4 nitrogen and oxygen atoms in total. The quantitative estimate of drug-likeness (QED) is 0.874. The average Bonchev–Trinajstić information content (AvgIpc) is 3.06. The van der Waals surface area contributed by atoms with Crippen LogP contribution in [-0.4, -0.2) is 23.1 Å². The molecular formula is C11H15F3N4. The number of nitrogens with zero attached hydrogens (tertiary/aromatic N) is 2. The zero-order valence-corrected chi connectivity index (χ0v) is 10.2. The second-order valence-electron chi connectivity index (χ2n) is 4.36. The van der Waals surface area contributed by atoms with E-state index in [2.05, 4.69) is 27.5 Å². The standard InChI is InChI=1S/C11H15F3N4/c1-3-6-4-7(6)16-9-5-8(15-2)17-10(18-9)11(12,13)14/h5-7H,3-4H2,1-2H3,(H2,15,16,17,18). The highest BCUT2D eigenvalue weighted by molar-refractivity contribution is 5.48. The summed E-state index contributed by atoms with van der Waals surface area (Å²) in [6, 6.07) is 1.72. The van der Waals surface area contributed by atoms with E-state index in [1.807, 2.05) is 0 Å². The first-order valence-corrected chi connectivity index (χ1v) is 5.84. The summed E-state index contributed by atoms with van der Waals surface area (Å²) in [5, 5.41) is 5.62. The summed E-state index contributed by atoms with van der Waals surface area (Å²) in [7, 11) is 1.53. The summed E-state index contributed by atoms with van der Waals surface area (Å²) >= 11 is 0. The van der Waals surface area contributed by atoms with E-state index in [9.17, 15) is 13.2 Å². The summed E-state index contributed by atoms with van der Waals surface area (Å²) in [4.78, 5) is 6.92. The van der Waals surface area contributed by atoms with Crippen molar-refractivity contribution in [3.63, 3.8) is 0 Å². The fraction of sp³-hybridized carbons (Fsp3) is 0.636. The van der Waals surface area contributed by atoms with E-state index in [1.54, 1.807) is 0 Å². The van der Waals surface area contributed by atoms with Crippen LogP contribution in [0, 0.1) is 5.92 Å². The maximum atomic E-state index is 12.6. The lowest BCUT2D eigenvalue weighted by atomic mass is 10.3. The highest BCUT2D eigenvalue weighted by Gasteiger charge is 2.38. The summed E-state index contributed by atoms with van der Waals surface area (Å²) in [6.07, 6.45) is -2.53. The van der Waals surface area contributed by atoms with Crippen molar-refractivity contribution >= 4 is 11.6 Å². The van der Waals surface area contributed by atoms with Gasteiger partial charge in [0, 0.05) is 19.2 Å². The summed E-state index contributed by atoms with van der Waals surface area (Å²) in [6.45, 7) is 2.06. The number of alkyl halides is 3. The Morgan fingerprint density at radius 3 is 2.50 bits per heavy atom. The predicted molar refractivity (Wildman–Crippen MR) is 62.4 cm³/mol. The molecule has 1 aromatic rings. The van der Waals surface area contributed by atoms with Crippen molar-refractivity contribution in [1.82, 2.24) is 9.97 Å². The average molecular weight is 260 g/mol. The van der Waals surface area contributed by atoms with Gasteiger partial charge in [0.2, 0.25) is 5.82 Å². The van der Waals surface area contributed by atoms with Gasteiger partial charge in [-0.2, -0.15) is 13.2 Å². The molecule has 2 unspecified atom stereocenters. The molecule has 0 amide bonds. The Balaban J connectivity index is 2.19. The monoisotopic (exact) mass is 260 g/mol. The van der Waals surface area contributed by atoms with Gasteiger partial charge in [-0.25, -0.2) is 9.97 Å². The predicted octanol–water partition coefficient (Wildman–Crippen LogP) is 2.75. The van der Waals surface area contributed by atoms with Gasteiger partial charge in [0.25, 0.3) is 0 Å². The van der Waals surface area contributed by atoms with Crippen LogP contribution in [0.25, 0.3) is 0 Å². The molecule has 2 N–H and O–H groups in total.